The van der Waals surface area contributed by atoms with Crippen molar-refractivity contribution in [2.45, 2.75) is 30.6 Å². The van der Waals surface area contributed by atoms with Crippen LogP contribution in [0, 0.1) is 20.8 Å². The van der Waals surface area contributed by atoms with Crippen molar-refractivity contribution in [2.24, 2.45) is 0 Å². The SMILES string of the molecule is Cc1cc(O)c(C)c(S(=O)(=O)c2cc(O)ccc2C)c1. The number of sulfone groups is 1. The highest BCUT2D eigenvalue weighted by Gasteiger charge is 2.24. The molecule has 0 spiro atoms. The Morgan fingerprint density at radius 1 is 0.900 bits per heavy atom. The van der Waals surface area contributed by atoms with Gasteiger partial charge in [0.2, 0.25) is 9.84 Å². The topological polar surface area (TPSA) is 74.6 Å². The van der Waals surface area contributed by atoms with Gasteiger partial charge in [-0.1, -0.05) is 6.07 Å². The van der Waals surface area contributed by atoms with Crippen LogP contribution in [0.3, 0.4) is 0 Å². The van der Waals surface area contributed by atoms with Gasteiger partial charge in [0.1, 0.15) is 11.5 Å². The van der Waals surface area contributed by atoms with E-state index in [0.29, 0.717) is 16.7 Å². The molecule has 0 aliphatic carbocycles. The van der Waals surface area contributed by atoms with Crippen molar-refractivity contribution >= 4 is 9.84 Å². The highest BCUT2D eigenvalue weighted by atomic mass is 32.2. The first kappa shape index (κ1) is 14.4. The van der Waals surface area contributed by atoms with E-state index in [0.717, 1.165) is 0 Å². The molecule has 0 heterocycles. The summed E-state index contributed by atoms with van der Waals surface area (Å²) < 4.78 is 25.4. The molecule has 20 heavy (non-hydrogen) atoms. The van der Waals surface area contributed by atoms with Gasteiger partial charge >= 0.3 is 0 Å². The van der Waals surface area contributed by atoms with Crippen LogP contribution in [0.4, 0.5) is 0 Å². The maximum absolute atomic E-state index is 12.7. The lowest BCUT2D eigenvalue weighted by molar-refractivity contribution is 0.467. The molecule has 0 fully saturated rings. The predicted molar refractivity (Wildman–Crippen MR) is 75.9 cm³/mol. The first-order valence-corrected chi connectivity index (χ1v) is 7.56. The van der Waals surface area contributed by atoms with Gasteiger partial charge in [0.05, 0.1) is 9.79 Å². The number of aryl methyl sites for hydroxylation is 2. The van der Waals surface area contributed by atoms with E-state index in [4.69, 9.17) is 0 Å². The number of rotatable bonds is 2. The first-order valence-electron chi connectivity index (χ1n) is 6.08. The molecule has 4 nitrogen and oxygen atoms in total. The van der Waals surface area contributed by atoms with Crippen LogP contribution in [0.15, 0.2) is 40.1 Å². The van der Waals surface area contributed by atoms with Crippen LogP contribution in [0.1, 0.15) is 16.7 Å². The summed E-state index contributed by atoms with van der Waals surface area (Å²) in [5.41, 5.74) is 1.51. The van der Waals surface area contributed by atoms with Crippen LogP contribution in [-0.2, 0) is 9.84 Å². The maximum Gasteiger partial charge on any atom is 0.207 e. The second-order valence-corrected chi connectivity index (χ2v) is 6.75. The molecule has 0 radical (unpaired) electrons. The molecule has 0 atom stereocenters. The molecule has 0 saturated heterocycles. The number of phenolic OH excluding ortho intramolecular Hbond substituents is 2. The molecule has 2 aromatic carbocycles. The van der Waals surface area contributed by atoms with Gasteiger partial charge in [-0.15, -0.1) is 0 Å². The summed E-state index contributed by atoms with van der Waals surface area (Å²) in [6, 6.07) is 7.25. The average Bonchev–Trinajstić information content (AvgIpc) is 2.36. The largest absolute Gasteiger partial charge is 0.508 e. The van der Waals surface area contributed by atoms with Gasteiger partial charge in [0, 0.05) is 5.56 Å². The molecule has 0 unspecified atom stereocenters. The summed E-state index contributed by atoms with van der Waals surface area (Å²) in [5.74, 6) is -0.162. The Bertz CT molecular complexity index is 777. The van der Waals surface area contributed by atoms with Crippen LogP contribution < -0.4 is 0 Å². The molecule has 0 bridgehead atoms. The highest BCUT2D eigenvalue weighted by molar-refractivity contribution is 7.91. The fourth-order valence-corrected chi connectivity index (χ4v) is 3.94. The molecule has 106 valence electrons. The van der Waals surface area contributed by atoms with Crippen LogP contribution >= 0.6 is 0 Å². The van der Waals surface area contributed by atoms with E-state index in [1.165, 1.54) is 24.3 Å². The van der Waals surface area contributed by atoms with Gasteiger partial charge in [-0.25, -0.2) is 8.42 Å². The van der Waals surface area contributed by atoms with Crippen molar-refractivity contribution in [1.82, 2.24) is 0 Å². The Hall–Kier alpha value is -2.01. The molecule has 2 aromatic rings. The summed E-state index contributed by atoms with van der Waals surface area (Å²) >= 11 is 0. The molecular weight excluding hydrogens is 276 g/mol. The van der Waals surface area contributed by atoms with E-state index in [9.17, 15) is 18.6 Å². The van der Waals surface area contributed by atoms with Crippen LogP contribution in [-0.4, -0.2) is 18.6 Å². The molecule has 0 aliphatic heterocycles. The lowest BCUT2D eigenvalue weighted by Crippen LogP contribution is -2.06. The van der Waals surface area contributed by atoms with Crippen LogP contribution in [0.2, 0.25) is 0 Å². The maximum atomic E-state index is 12.7. The van der Waals surface area contributed by atoms with Crippen molar-refractivity contribution in [3.05, 3.63) is 47.0 Å². The second kappa shape index (κ2) is 4.83. The minimum Gasteiger partial charge on any atom is -0.508 e. The lowest BCUT2D eigenvalue weighted by Gasteiger charge is -2.12. The minimum atomic E-state index is -3.79. The molecule has 2 rings (SSSR count). The molecule has 0 saturated carbocycles. The molecular formula is C15H16O4S. The Kier molecular flexibility index (Phi) is 3.48. The zero-order valence-corrected chi connectivity index (χ0v) is 12.3. The Morgan fingerprint density at radius 2 is 1.55 bits per heavy atom. The summed E-state index contributed by atoms with van der Waals surface area (Å²) in [6.07, 6.45) is 0. The summed E-state index contributed by atoms with van der Waals surface area (Å²) in [4.78, 5) is 0.106. The van der Waals surface area contributed by atoms with Gasteiger partial charge in [0.15, 0.2) is 0 Å². The highest BCUT2D eigenvalue weighted by Crippen LogP contribution is 2.32. The van der Waals surface area contributed by atoms with Crippen LogP contribution in [0.25, 0.3) is 0 Å². The fourth-order valence-electron chi connectivity index (χ4n) is 2.08. The molecule has 0 aliphatic rings. The van der Waals surface area contributed by atoms with Crippen molar-refractivity contribution in [1.29, 1.82) is 0 Å². The van der Waals surface area contributed by atoms with Crippen molar-refractivity contribution in [2.75, 3.05) is 0 Å². The Morgan fingerprint density at radius 3 is 2.20 bits per heavy atom. The van der Waals surface area contributed by atoms with Crippen molar-refractivity contribution in [3.63, 3.8) is 0 Å². The molecule has 2 N–H and O–H groups in total. The summed E-state index contributed by atoms with van der Waals surface area (Å²) in [7, 11) is -3.79. The Labute approximate surface area is 118 Å². The number of hydrogen-bond acceptors (Lipinski definition) is 4. The van der Waals surface area contributed by atoms with Gasteiger partial charge in [-0.05, 0) is 56.2 Å². The zero-order valence-electron chi connectivity index (χ0n) is 11.5. The average molecular weight is 292 g/mol. The van der Waals surface area contributed by atoms with Crippen LogP contribution in [0.5, 0.6) is 11.5 Å². The van der Waals surface area contributed by atoms with E-state index >= 15 is 0 Å². The van der Waals surface area contributed by atoms with E-state index in [1.807, 2.05) is 0 Å². The third kappa shape index (κ3) is 2.36. The van der Waals surface area contributed by atoms with Crippen molar-refractivity contribution in [3.8, 4) is 11.5 Å². The third-order valence-electron chi connectivity index (χ3n) is 3.23. The van der Waals surface area contributed by atoms with Gasteiger partial charge < -0.3 is 10.2 Å². The Balaban J connectivity index is 2.77. The standard InChI is InChI=1S/C15H16O4S/c1-9-6-13(17)11(3)15(7-9)20(18,19)14-8-12(16)5-4-10(14)2/h4-8,16-17H,1-3H3. The minimum absolute atomic E-state index is 0.0469. The molecule has 0 amide bonds. The van der Waals surface area contributed by atoms with E-state index in [2.05, 4.69) is 0 Å². The quantitative estimate of drug-likeness (QED) is 0.892. The summed E-state index contributed by atoms with van der Waals surface area (Å²) in [5, 5.41) is 19.3. The lowest BCUT2D eigenvalue weighted by atomic mass is 10.1. The van der Waals surface area contributed by atoms with Crippen molar-refractivity contribution < 1.29 is 18.6 Å². The first-order chi connectivity index (χ1) is 9.23. The van der Waals surface area contributed by atoms with Gasteiger partial charge in [0.25, 0.3) is 0 Å². The number of aromatic hydroxyl groups is 2. The number of hydrogen-bond donors (Lipinski definition) is 2. The zero-order chi connectivity index (χ0) is 15.1. The van der Waals surface area contributed by atoms with E-state index in [1.54, 1.807) is 26.8 Å². The predicted octanol–water partition coefficient (Wildman–Crippen LogP) is 2.86. The molecule has 5 heteroatoms. The summed E-state index contributed by atoms with van der Waals surface area (Å²) in [6.45, 7) is 4.94. The fraction of sp³-hybridized carbons (Fsp3) is 0.200. The van der Waals surface area contributed by atoms with E-state index in [-0.39, 0.29) is 21.3 Å². The number of phenols is 2. The van der Waals surface area contributed by atoms with Gasteiger partial charge in [-0.2, -0.15) is 0 Å². The third-order valence-corrected chi connectivity index (χ3v) is 5.25. The smallest absolute Gasteiger partial charge is 0.207 e. The molecule has 0 aromatic heterocycles. The monoisotopic (exact) mass is 292 g/mol. The second-order valence-electron chi connectivity index (χ2n) is 4.86. The van der Waals surface area contributed by atoms with E-state index < -0.39 is 9.84 Å². The number of benzene rings is 2. The normalized spacial score (nSPS) is 11.6. The van der Waals surface area contributed by atoms with Gasteiger partial charge in [-0.3, -0.25) is 0 Å².